The Morgan fingerprint density at radius 3 is 2.43 bits per heavy atom. The van der Waals surface area contributed by atoms with E-state index in [0.717, 1.165) is 17.8 Å². The first-order valence-electron chi connectivity index (χ1n) is 8.19. The molecule has 0 aliphatic heterocycles. The quantitative estimate of drug-likeness (QED) is 0.898. The topological polar surface area (TPSA) is 32.3 Å². The van der Waals surface area contributed by atoms with Crippen LogP contribution < -0.4 is 10.2 Å². The van der Waals surface area contributed by atoms with Crippen LogP contribution in [-0.2, 0) is 5.41 Å². The molecule has 4 heteroatoms. The van der Waals surface area contributed by atoms with E-state index in [-0.39, 0.29) is 11.3 Å². The van der Waals surface area contributed by atoms with Gasteiger partial charge in [-0.1, -0.05) is 12.8 Å². The largest absolute Gasteiger partial charge is 0.378 e. The van der Waals surface area contributed by atoms with Gasteiger partial charge in [-0.2, -0.15) is 11.3 Å². The average Bonchev–Trinajstić information content (AvgIpc) is 3.24. The van der Waals surface area contributed by atoms with Crippen molar-refractivity contribution in [3.63, 3.8) is 0 Å². The van der Waals surface area contributed by atoms with Crippen LogP contribution in [0.15, 0.2) is 41.1 Å². The molecule has 1 fully saturated rings. The fourth-order valence-electron chi connectivity index (χ4n) is 3.45. The maximum absolute atomic E-state index is 12.5. The summed E-state index contributed by atoms with van der Waals surface area (Å²) in [6.07, 6.45) is 4.85. The van der Waals surface area contributed by atoms with E-state index in [1.807, 2.05) is 43.3 Å². The summed E-state index contributed by atoms with van der Waals surface area (Å²) in [5.41, 5.74) is 3.36. The van der Waals surface area contributed by atoms with E-state index in [0.29, 0.717) is 0 Å². The van der Waals surface area contributed by atoms with Crippen molar-refractivity contribution in [1.82, 2.24) is 5.32 Å². The van der Waals surface area contributed by atoms with Gasteiger partial charge in [0.05, 0.1) is 0 Å². The van der Waals surface area contributed by atoms with E-state index < -0.39 is 0 Å². The van der Waals surface area contributed by atoms with Crippen LogP contribution >= 0.6 is 11.3 Å². The number of thiophene rings is 1. The smallest absolute Gasteiger partial charge is 0.251 e. The number of benzene rings is 1. The summed E-state index contributed by atoms with van der Waals surface area (Å²) in [5, 5.41) is 7.55. The number of anilines is 1. The number of nitrogens with one attached hydrogen (secondary N) is 1. The number of rotatable bonds is 5. The van der Waals surface area contributed by atoms with Gasteiger partial charge in [0, 0.05) is 37.3 Å². The van der Waals surface area contributed by atoms with Gasteiger partial charge in [-0.05, 0) is 59.5 Å². The highest BCUT2D eigenvalue weighted by Gasteiger charge is 2.36. The molecule has 1 aliphatic rings. The molecule has 0 atom stereocenters. The lowest BCUT2D eigenvalue weighted by Crippen LogP contribution is -2.38. The van der Waals surface area contributed by atoms with Crippen molar-refractivity contribution >= 4 is 22.9 Å². The molecular weight excluding hydrogens is 304 g/mol. The van der Waals surface area contributed by atoms with Gasteiger partial charge in [0.15, 0.2) is 0 Å². The van der Waals surface area contributed by atoms with Crippen molar-refractivity contribution in [3.05, 3.63) is 52.2 Å². The van der Waals surface area contributed by atoms with E-state index in [1.54, 1.807) is 11.3 Å². The van der Waals surface area contributed by atoms with Crippen molar-refractivity contribution in [3.8, 4) is 0 Å². The molecule has 1 heterocycles. The van der Waals surface area contributed by atoms with E-state index in [4.69, 9.17) is 0 Å². The minimum Gasteiger partial charge on any atom is -0.378 e. The fraction of sp³-hybridized carbons (Fsp3) is 0.421. The van der Waals surface area contributed by atoms with Gasteiger partial charge in [-0.3, -0.25) is 4.79 Å². The molecule has 3 nitrogen and oxygen atoms in total. The number of nitrogens with zero attached hydrogens (tertiary/aromatic N) is 1. The monoisotopic (exact) mass is 328 g/mol. The molecule has 0 radical (unpaired) electrons. The summed E-state index contributed by atoms with van der Waals surface area (Å²) in [5.74, 6) is 0.0248. The Morgan fingerprint density at radius 1 is 1.17 bits per heavy atom. The third-order valence-corrected chi connectivity index (χ3v) is 5.61. The molecule has 23 heavy (non-hydrogen) atoms. The molecule has 1 N–H and O–H groups in total. The first kappa shape index (κ1) is 16.1. The van der Waals surface area contributed by atoms with Crippen LogP contribution in [-0.4, -0.2) is 26.5 Å². The van der Waals surface area contributed by atoms with Crippen LogP contribution in [0.25, 0.3) is 0 Å². The molecule has 1 aliphatic carbocycles. The number of carbonyl (C=O) groups excluding carboxylic acids is 1. The molecule has 1 aromatic heterocycles. The van der Waals surface area contributed by atoms with Gasteiger partial charge in [0.1, 0.15) is 0 Å². The molecule has 2 aromatic rings. The lowest BCUT2D eigenvalue weighted by Gasteiger charge is -2.28. The highest BCUT2D eigenvalue weighted by Crippen LogP contribution is 2.41. The van der Waals surface area contributed by atoms with Crippen molar-refractivity contribution in [2.24, 2.45) is 0 Å². The second-order valence-electron chi connectivity index (χ2n) is 6.62. The molecule has 0 unspecified atom stereocenters. The fourth-order valence-corrected chi connectivity index (χ4v) is 4.23. The molecule has 1 aromatic carbocycles. The molecule has 122 valence electrons. The molecule has 0 bridgehead atoms. The molecule has 1 amide bonds. The summed E-state index contributed by atoms with van der Waals surface area (Å²) >= 11 is 1.74. The Bertz CT molecular complexity index is 641. The minimum atomic E-state index is 0.0248. The molecule has 3 rings (SSSR count). The molecular formula is C19H24N2OS. The summed E-state index contributed by atoms with van der Waals surface area (Å²) < 4.78 is 0. The third-order valence-electron chi connectivity index (χ3n) is 4.93. The highest BCUT2D eigenvalue weighted by molar-refractivity contribution is 7.08. The van der Waals surface area contributed by atoms with Crippen LogP contribution in [0.1, 0.15) is 41.6 Å². The van der Waals surface area contributed by atoms with Gasteiger partial charge >= 0.3 is 0 Å². The molecule has 0 saturated heterocycles. The highest BCUT2D eigenvalue weighted by atomic mass is 32.1. The zero-order valence-corrected chi connectivity index (χ0v) is 14.7. The van der Waals surface area contributed by atoms with Crippen LogP contribution in [0, 0.1) is 0 Å². The number of amides is 1. The van der Waals surface area contributed by atoms with Crippen molar-refractivity contribution in [1.29, 1.82) is 0 Å². The van der Waals surface area contributed by atoms with Gasteiger partial charge < -0.3 is 10.2 Å². The van der Waals surface area contributed by atoms with Crippen molar-refractivity contribution in [2.45, 2.75) is 31.1 Å². The summed E-state index contributed by atoms with van der Waals surface area (Å²) in [4.78, 5) is 14.5. The predicted octanol–water partition coefficient (Wildman–Crippen LogP) is 4.06. The Morgan fingerprint density at radius 2 is 1.87 bits per heavy atom. The Hall–Kier alpha value is -1.81. The SMILES string of the molecule is CN(C)c1ccc(C(=O)NCC2(c3ccsc3)CCCC2)cc1. The molecule has 0 spiro atoms. The zero-order valence-electron chi connectivity index (χ0n) is 13.8. The normalized spacial score (nSPS) is 16.3. The second kappa shape index (κ2) is 6.75. The van der Waals surface area contributed by atoms with E-state index in [2.05, 4.69) is 22.1 Å². The molecule has 1 saturated carbocycles. The van der Waals surface area contributed by atoms with Crippen LogP contribution in [0.3, 0.4) is 0 Å². The number of hydrogen-bond acceptors (Lipinski definition) is 3. The van der Waals surface area contributed by atoms with Crippen LogP contribution in [0.2, 0.25) is 0 Å². The summed E-state index contributed by atoms with van der Waals surface area (Å²) in [7, 11) is 4.00. The average molecular weight is 328 g/mol. The third kappa shape index (κ3) is 3.42. The maximum Gasteiger partial charge on any atom is 0.251 e. The van der Waals surface area contributed by atoms with Crippen LogP contribution in [0.4, 0.5) is 5.69 Å². The lowest BCUT2D eigenvalue weighted by molar-refractivity contribution is 0.0943. The van der Waals surface area contributed by atoms with Gasteiger partial charge in [0.25, 0.3) is 5.91 Å². The maximum atomic E-state index is 12.5. The van der Waals surface area contributed by atoms with Gasteiger partial charge in [0.2, 0.25) is 0 Å². The second-order valence-corrected chi connectivity index (χ2v) is 7.40. The summed E-state index contributed by atoms with van der Waals surface area (Å²) in [6.45, 7) is 0.734. The predicted molar refractivity (Wildman–Crippen MR) is 97.6 cm³/mol. The Kier molecular flexibility index (Phi) is 4.71. The first-order valence-corrected chi connectivity index (χ1v) is 9.13. The van der Waals surface area contributed by atoms with Crippen molar-refractivity contribution in [2.75, 3.05) is 25.5 Å². The first-order chi connectivity index (χ1) is 11.1. The minimum absolute atomic E-state index is 0.0248. The Labute approximate surface area is 142 Å². The standard InChI is InChI=1S/C19H24N2OS/c1-21(2)17-7-5-15(6-8-17)18(22)20-14-19(10-3-4-11-19)16-9-12-23-13-16/h5-9,12-13H,3-4,10-11,14H2,1-2H3,(H,20,22). The summed E-state index contributed by atoms with van der Waals surface area (Å²) in [6, 6.07) is 9.99. The van der Waals surface area contributed by atoms with E-state index in [9.17, 15) is 4.79 Å². The zero-order chi connectivity index (χ0) is 16.3. The van der Waals surface area contributed by atoms with E-state index >= 15 is 0 Å². The number of carbonyl (C=O) groups is 1. The number of hydrogen-bond donors (Lipinski definition) is 1. The lowest BCUT2D eigenvalue weighted by atomic mass is 9.80. The van der Waals surface area contributed by atoms with Gasteiger partial charge in [-0.25, -0.2) is 0 Å². The van der Waals surface area contributed by atoms with Crippen LogP contribution in [0.5, 0.6) is 0 Å². The Balaban J connectivity index is 1.68. The van der Waals surface area contributed by atoms with E-state index in [1.165, 1.54) is 31.2 Å². The van der Waals surface area contributed by atoms with Gasteiger partial charge in [-0.15, -0.1) is 0 Å². The van der Waals surface area contributed by atoms with Crippen molar-refractivity contribution < 1.29 is 4.79 Å².